The van der Waals surface area contributed by atoms with Crippen molar-refractivity contribution < 1.29 is 13.7 Å². The first-order valence-corrected chi connectivity index (χ1v) is 7.74. The van der Waals surface area contributed by atoms with E-state index in [9.17, 15) is 4.79 Å². The second kappa shape index (κ2) is 6.07. The largest absolute Gasteiger partial charge is 0.493 e. The van der Waals surface area contributed by atoms with Crippen molar-refractivity contribution in [3.05, 3.63) is 64.0 Å². The fraction of sp³-hybridized carbons (Fsp3) is 0.0556. The van der Waals surface area contributed by atoms with Crippen molar-refractivity contribution in [2.75, 3.05) is 7.11 Å². The van der Waals surface area contributed by atoms with Crippen molar-refractivity contribution in [3.63, 3.8) is 0 Å². The molecule has 0 atom stereocenters. The highest BCUT2D eigenvalue weighted by molar-refractivity contribution is 6.30. The summed E-state index contributed by atoms with van der Waals surface area (Å²) in [7, 11) is 1.51. The average Bonchev–Trinajstić information content (AvgIpc) is 3.11. The zero-order chi connectivity index (χ0) is 17.4. The third-order valence-corrected chi connectivity index (χ3v) is 3.95. The molecule has 4 aromatic rings. The van der Waals surface area contributed by atoms with Gasteiger partial charge in [-0.1, -0.05) is 28.9 Å². The summed E-state index contributed by atoms with van der Waals surface area (Å²) in [5.41, 5.74) is 0.708. The molecule has 0 N–H and O–H groups in total. The lowest BCUT2D eigenvalue weighted by atomic mass is 10.1. The summed E-state index contributed by atoms with van der Waals surface area (Å²) in [5, 5.41) is 5.22. The number of hydrogen-bond donors (Lipinski definition) is 0. The highest BCUT2D eigenvalue weighted by atomic mass is 35.5. The Kier molecular flexibility index (Phi) is 3.74. The van der Waals surface area contributed by atoms with Crippen molar-refractivity contribution >= 4 is 22.6 Å². The number of ether oxygens (including phenoxy) is 1. The zero-order valence-corrected chi connectivity index (χ0v) is 13.8. The average molecular weight is 355 g/mol. The predicted octanol–water partition coefficient (Wildman–Crippen LogP) is 4.17. The third-order valence-electron chi connectivity index (χ3n) is 3.70. The van der Waals surface area contributed by atoms with Crippen molar-refractivity contribution in [1.29, 1.82) is 0 Å². The molecule has 2 aromatic carbocycles. The molecule has 2 aromatic heterocycles. The summed E-state index contributed by atoms with van der Waals surface area (Å²) >= 11 is 5.87. The summed E-state index contributed by atoms with van der Waals surface area (Å²) in [5.74, 6) is 0.925. The minimum Gasteiger partial charge on any atom is -0.493 e. The molecule has 0 aliphatic carbocycles. The first-order chi connectivity index (χ1) is 12.2. The zero-order valence-electron chi connectivity index (χ0n) is 13.0. The SMILES string of the molecule is COc1cccc2cc(-c3nc(-c4ccc(Cl)cc4)no3)c(=O)oc12. The topological polar surface area (TPSA) is 78.4 Å². The lowest BCUT2D eigenvalue weighted by molar-refractivity contribution is 0.405. The molecule has 2 heterocycles. The quantitative estimate of drug-likeness (QED) is 0.514. The van der Waals surface area contributed by atoms with Gasteiger partial charge in [-0.3, -0.25) is 0 Å². The first-order valence-electron chi connectivity index (χ1n) is 7.36. The van der Waals surface area contributed by atoms with Gasteiger partial charge in [-0.05, 0) is 36.4 Å². The Morgan fingerprint density at radius 3 is 2.68 bits per heavy atom. The molecule has 0 aliphatic rings. The Hall–Kier alpha value is -3.12. The lowest BCUT2D eigenvalue weighted by Crippen LogP contribution is -2.03. The van der Waals surface area contributed by atoms with Crippen LogP contribution in [0.2, 0.25) is 5.02 Å². The maximum absolute atomic E-state index is 12.3. The first kappa shape index (κ1) is 15.4. The van der Waals surface area contributed by atoms with Gasteiger partial charge in [-0.25, -0.2) is 4.79 Å². The second-order valence-electron chi connectivity index (χ2n) is 5.26. The van der Waals surface area contributed by atoms with E-state index in [1.165, 1.54) is 7.11 Å². The van der Waals surface area contributed by atoms with E-state index < -0.39 is 5.63 Å². The number of methoxy groups -OCH3 is 1. The Balaban J connectivity index is 1.81. The van der Waals surface area contributed by atoms with Crippen LogP contribution in [0.5, 0.6) is 5.75 Å². The summed E-state index contributed by atoms with van der Waals surface area (Å²) in [6.07, 6.45) is 0. The van der Waals surface area contributed by atoms with Crippen molar-refractivity contribution in [1.82, 2.24) is 10.1 Å². The van der Waals surface area contributed by atoms with Gasteiger partial charge in [-0.2, -0.15) is 4.98 Å². The number of aromatic nitrogens is 2. The van der Waals surface area contributed by atoms with Crippen LogP contribution in [0, 0.1) is 0 Å². The Morgan fingerprint density at radius 1 is 1.12 bits per heavy atom. The summed E-state index contributed by atoms with van der Waals surface area (Å²) in [6.45, 7) is 0. The molecule has 7 heteroatoms. The van der Waals surface area contributed by atoms with E-state index in [4.69, 9.17) is 25.3 Å². The van der Waals surface area contributed by atoms with E-state index in [-0.39, 0.29) is 11.5 Å². The molecule has 124 valence electrons. The maximum atomic E-state index is 12.3. The van der Waals surface area contributed by atoms with E-state index in [0.717, 1.165) is 5.56 Å². The number of para-hydroxylation sites is 1. The number of fused-ring (bicyclic) bond motifs is 1. The van der Waals surface area contributed by atoms with Crippen LogP contribution in [0.4, 0.5) is 0 Å². The standard InChI is InChI=1S/C18H11ClN2O4/c1-23-14-4-2-3-11-9-13(18(22)24-15(11)14)17-20-16(21-25-17)10-5-7-12(19)8-6-10/h2-9H,1H3. The molecule has 0 saturated heterocycles. The van der Waals surface area contributed by atoms with Crippen molar-refractivity contribution in [2.45, 2.75) is 0 Å². The van der Waals surface area contributed by atoms with Gasteiger partial charge in [0, 0.05) is 16.0 Å². The minimum atomic E-state index is -0.580. The van der Waals surface area contributed by atoms with Gasteiger partial charge < -0.3 is 13.7 Å². The fourth-order valence-corrected chi connectivity index (χ4v) is 2.60. The minimum absolute atomic E-state index is 0.0865. The molecule has 6 nitrogen and oxygen atoms in total. The third kappa shape index (κ3) is 2.77. The number of nitrogens with zero attached hydrogens (tertiary/aromatic N) is 2. The van der Waals surface area contributed by atoms with Gasteiger partial charge in [0.25, 0.3) is 5.89 Å². The van der Waals surface area contributed by atoms with E-state index >= 15 is 0 Å². The Morgan fingerprint density at radius 2 is 1.92 bits per heavy atom. The van der Waals surface area contributed by atoms with Gasteiger partial charge in [0.2, 0.25) is 5.82 Å². The normalized spacial score (nSPS) is 11.0. The molecule has 0 radical (unpaired) electrons. The predicted molar refractivity (Wildman–Crippen MR) is 92.8 cm³/mol. The van der Waals surface area contributed by atoms with Gasteiger partial charge in [0.15, 0.2) is 11.3 Å². The number of rotatable bonds is 3. The molecule has 0 bridgehead atoms. The van der Waals surface area contributed by atoms with Gasteiger partial charge >= 0.3 is 5.63 Å². The number of benzene rings is 2. The van der Waals surface area contributed by atoms with Gasteiger partial charge in [-0.15, -0.1) is 0 Å². The molecular weight excluding hydrogens is 344 g/mol. The van der Waals surface area contributed by atoms with Crippen molar-refractivity contribution in [2.24, 2.45) is 0 Å². The van der Waals surface area contributed by atoms with Crippen LogP contribution < -0.4 is 10.4 Å². The molecule has 0 fully saturated rings. The summed E-state index contributed by atoms with van der Waals surface area (Å²) < 4.78 is 15.8. The molecule has 0 spiro atoms. The van der Waals surface area contributed by atoms with Crippen LogP contribution in [0.3, 0.4) is 0 Å². The highest BCUT2D eigenvalue weighted by Gasteiger charge is 2.17. The van der Waals surface area contributed by atoms with E-state index in [1.807, 2.05) is 0 Å². The van der Waals surface area contributed by atoms with E-state index in [2.05, 4.69) is 10.1 Å². The van der Waals surface area contributed by atoms with Crippen LogP contribution in [0.25, 0.3) is 33.8 Å². The number of halogens is 1. The monoisotopic (exact) mass is 354 g/mol. The molecule has 0 saturated carbocycles. The van der Waals surface area contributed by atoms with Crippen LogP contribution in [0.15, 0.2) is 62.3 Å². The second-order valence-corrected chi connectivity index (χ2v) is 5.69. The molecular formula is C18H11ClN2O4. The van der Waals surface area contributed by atoms with Crippen LogP contribution in [-0.4, -0.2) is 17.3 Å². The summed E-state index contributed by atoms with van der Waals surface area (Å²) in [6, 6.07) is 14.0. The maximum Gasteiger partial charge on any atom is 0.349 e. The molecule has 4 rings (SSSR count). The van der Waals surface area contributed by atoms with Gasteiger partial charge in [0.05, 0.1) is 7.11 Å². The molecule has 25 heavy (non-hydrogen) atoms. The van der Waals surface area contributed by atoms with Crippen molar-refractivity contribution in [3.8, 4) is 28.6 Å². The highest BCUT2D eigenvalue weighted by Crippen LogP contribution is 2.28. The molecule has 0 aliphatic heterocycles. The van der Waals surface area contributed by atoms with Gasteiger partial charge in [0.1, 0.15) is 5.56 Å². The summed E-state index contributed by atoms with van der Waals surface area (Å²) in [4.78, 5) is 16.6. The lowest BCUT2D eigenvalue weighted by Gasteiger charge is -2.03. The Bertz CT molecular complexity index is 1120. The van der Waals surface area contributed by atoms with E-state index in [0.29, 0.717) is 27.6 Å². The fourth-order valence-electron chi connectivity index (χ4n) is 2.48. The molecule has 0 amide bonds. The molecule has 0 unspecified atom stereocenters. The van der Waals surface area contributed by atoms with Crippen LogP contribution in [-0.2, 0) is 0 Å². The smallest absolute Gasteiger partial charge is 0.349 e. The Labute approximate surface area is 146 Å². The van der Waals surface area contributed by atoms with E-state index in [1.54, 1.807) is 48.5 Å². The van der Waals surface area contributed by atoms with Crippen LogP contribution >= 0.6 is 11.6 Å². The van der Waals surface area contributed by atoms with Crippen LogP contribution in [0.1, 0.15) is 0 Å². The number of hydrogen-bond acceptors (Lipinski definition) is 6.